The number of nitrogens with one attached hydrogen (secondary N) is 1. The number of aliphatic hydroxyl groups excluding tert-OH is 1. The van der Waals surface area contributed by atoms with Gasteiger partial charge in [0.1, 0.15) is 16.4 Å². The van der Waals surface area contributed by atoms with E-state index in [0.717, 1.165) is 0 Å². The minimum absolute atomic E-state index is 0.120. The predicted octanol–water partition coefficient (Wildman–Crippen LogP) is 1.86. The van der Waals surface area contributed by atoms with Gasteiger partial charge in [0.2, 0.25) is 10.0 Å². The van der Waals surface area contributed by atoms with Gasteiger partial charge in [0.15, 0.2) is 0 Å². The van der Waals surface area contributed by atoms with Crippen LogP contribution in [0.25, 0.3) is 0 Å². The van der Waals surface area contributed by atoms with Crippen LogP contribution in [0.15, 0.2) is 27.8 Å². The maximum atomic E-state index is 12.5. The Bertz CT molecular complexity index is 830. The summed E-state index contributed by atoms with van der Waals surface area (Å²) in [6.45, 7) is 3.89. The predicted molar refractivity (Wildman–Crippen MR) is 88.3 cm³/mol. The van der Waals surface area contributed by atoms with Gasteiger partial charge in [0.05, 0.1) is 17.3 Å². The molecule has 1 unspecified atom stereocenters. The van der Waals surface area contributed by atoms with Gasteiger partial charge in [-0.15, -0.1) is 0 Å². The lowest BCUT2D eigenvalue weighted by molar-refractivity contribution is 0.154. The standard InChI is InChI=1S/C15H20ClN3O4S/c1-9-3-15(10(2)23-9)24(21,22)18-13-4-11(5-14(13)20)7-19-8-12(16)6-17-19/h3,6,8,11,13-14,18,20H,4-5,7H2,1-2H3/t11?,13-,14-/m1/s1. The summed E-state index contributed by atoms with van der Waals surface area (Å²) in [6.07, 6.45) is 3.58. The molecule has 7 nitrogen and oxygen atoms in total. The monoisotopic (exact) mass is 373 g/mol. The van der Waals surface area contributed by atoms with Crippen LogP contribution in [0.5, 0.6) is 0 Å². The van der Waals surface area contributed by atoms with E-state index in [0.29, 0.717) is 35.9 Å². The summed E-state index contributed by atoms with van der Waals surface area (Å²) in [6, 6.07) is 0.961. The Morgan fingerprint density at radius 1 is 1.46 bits per heavy atom. The number of sulfonamides is 1. The molecule has 1 fully saturated rings. The zero-order valence-electron chi connectivity index (χ0n) is 13.4. The Morgan fingerprint density at radius 3 is 2.79 bits per heavy atom. The molecule has 0 aromatic carbocycles. The SMILES string of the molecule is Cc1cc(S(=O)(=O)N[C@@H]2CC(Cn3cc(Cl)cn3)C[C@H]2O)c(C)o1. The normalized spacial score (nSPS) is 24.6. The number of hydrogen-bond acceptors (Lipinski definition) is 5. The fraction of sp³-hybridized carbons (Fsp3) is 0.533. The molecule has 2 aromatic rings. The number of furan rings is 1. The Morgan fingerprint density at radius 2 is 2.21 bits per heavy atom. The fourth-order valence-electron chi connectivity index (χ4n) is 3.23. The molecule has 0 saturated heterocycles. The maximum Gasteiger partial charge on any atom is 0.244 e. The third-order valence-electron chi connectivity index (χ3n) is 4.27. The van der Waals surface area contributed by atoms with E-state index < -0.39 is 22.2 Å². The third kappa shape index (κ3) is 3.66. The second-order valence-electron chi connectivity index (χ2n) is 6.29. The highest BCUT2D eigenvalue weighted by Crippen LogP contribution is 2.29. The van der Waals surface area contributed by atoms with Gasteiger partial charge in [-0.25, -0.2) is 13.1 Å². The minimum atomic E-state index is -3.73. The molecule has 1 saturated carbocycles. The van der Waals surface area contributed by atoms with Crippen LogP contribution in [0.1, 0.15) is 24.4 Å². The van der Waals surface area contributed by atoms with Crippen molar-refractivity contribution in [2.45, 2.75) is 50.3 Å². The zero-order chi connectivity index (χ0) is 17.5. The summed E-state index contributed by atoms with van der Waals surface area (Å²) >= 11 is 5.84. The van der Waals surface area contributed by atoms with Gasteiger partial charge in [-0.1, -0.05) is 11.6 Å². The average Bonchev–Trinajstić information content (AvgIpc) is 3.12. The van der Waals surface area contributed by atoms with Crippen LogP contribution < -0.4 is 4.72 Å². The van der Waals surface area contributed by atoms with Crippen LogP contribution >= 0.6 is 11.6 Å². The van der Waals surface area contributed by atoms with Gasteiger partial charge in [0.25, 0.3) is 0 Å². The van der Waals surface area contributed by atoms with Crippen molar-refractivity contribution < 1.29 is 17.9 Å². The van der Waals surface area contributed by atoms with Gasteiger partial charge >= 0.3 is 0 Å². The molecule has 2 N–H and O–H groups in total. The molecule has 3 rings (SSSR count). The molecule has 132 valence electrons. The Kier molecular flexibility index (Phi) is 4.74. The number of aryl methyl sites for hydroxylation is 2. The second kappa shape index (κ2) is 6.51. The lowest BCUT2D eigenvalue weighted by Gasteiger charge is -2.16. The summed E-state index contributed by atoms with van der Waals surface area (Å²) in [7, 11) is -3.73. The quantitative estimate of drug-likeness (QED) is 0.833. The number of aromatic nitrogens is 2. The Labute approximate surface area is 145 Å². The van der Waals surface area contributed by atoms with Gasteiger partial charge in [-0.3, -0.25) is 4.68 Å². The van der Waals surface area contributed by atoms with Crippen molar-refractivity contribution in [3.05, 3.63) is 35.0 Å². The lowest BCUT2D eigenvalue weighted by atomic mass is 10.1. The molecule has 9 heteroatoms. The number of halogens is 1. The van der Waals surface area contributed by atoms with Gasteiger partial charge < -0.3 is 9.52 Å². The van der Waals surface area contributed by atoms with E-state index in [1.54, 1.807) is 30.9 Å². The molecule has 1 aliphatic rings. The molecule has 0 radical (unpaired) electrons. The van der Waals surface area contributed by atoms with E-state index in [1.807, 2.05) is 0 Å². The summed E-state index contributed by atoms with van der Waals surface area (Å²) in [5.74, 6) is 0.999. The van der Waals surface area contributed by atoms with Crippen LogP contribution in [-0.4, -0.2) is 35.5 Å². The van der Waals surface area contributed by atoms with Crippen LogP contribution in [0.4, 0.5) is 0 Å². The molecular weight excluding hydrogens is 354 g/mol. The molecule has 1 aliphatic carbocycles. The number of hydrogen-bond donors (Lipinski definition) is 2. The van der Waals surface area contributed by atoms with E-state index >= 15 is 0 Å². The fourth-order valence-corrected chi connectivity index (χ4v) is 4.91. The summed E-state index contributed by atoms with van der Waals surface area (Å²) in [4.78, 5) is 0.120. The van der Waals surface area contributed by atoms with Crippen LogP contribution in [0, 0.1) is 19.8 Å². The summed E-state index contributed by atoms with van der Waals surface area (Å²) in [5, 5.41) is 14.9. The van der Waals surface area contributed by atoms with Crippen molar-refractivity contribution in [3.8, 4) is 0 Å². The minimum Gasteiger partial charge on any atom is -0.465 e. The zero-order valence-corrected chi connectivity index (χ0v) is 15.0. The molecule has 0 bridgehead atoms. The first kappa shape index (κ1) is 17.5. The molecule has 2 heterocycles. The Balaban J connectivity index is 1.68. The van der Waals surface area contributed by atoms with Crippen molar-refractivity contribution in [1.82, 2.24) is 14.5 Å². The first-order valence-corrected chi connectivity index (χ1v) is 9.56. The van der Waals surface area contributed by atoms with Crippen molar-refractivity contribution in [1.29, 1.82) is 0 Å². The van der Waals surface area contributed by atoms with Crippen LogP contribution in [-0.2, 0) is 16.6 Å². The highest BCUT2D eigenvalue weighted by molar-refractivity contribution is 7.89. The molecule has 24 heavy (non-hydrogen) atoms. The third-order valence-corrected chi connectivity index (χ3v) is 6.06. The van der Waals surface area contributed by atoms with Crippen LogP contribution in [0.3, 0.4) is 0 Å². The smallest absolute Gasteiger partial charge is 0.244 e. The van der Waals surface area contributed by atoms with E-state index in [4.69, 9.17) is 16.0 Å². The maximum absolute atomic E-state index is 12.5. The molecule has 2 aromatic heterocycles. The van der Waals surface area contributed by atoms with Crippen molar-refractivity contribution in [2.75, 3.05) is 0 Å². The first-order chi connectivity index (χ1) is 11.2. The highest BCUT2D eigenvalue weighted by Gasteiger charge is 2.36. The van der Waals surface area contributed by atoms with Crippen LogP contribution in [0.2, 0.25) is 5.02 Å². The highest BCUT2D eigenvalue weighted by atomic mass is 35.5. The topological polar surface area (TPSA) is 97.4 Å². The largest absolute Gasteiger partial charge is 0.465 e. The number of rotatable bonds is 5. The first-order valence-electron chi connectivity index (χ1n) is 7.70. The molecule has 0 aliphatic heterocycles. The number of aliphatic hydroxyl groups is 1. The van der Waals surface area contributed by atoms with Crippen molar-refractivity contribution in [3.63, 3.8) is 0 Å². The van der Waals surface area contributed by atoms with Gasteiger partial charge in [0, 0.05) is 18.8 Å². The lowest BCUT2D eigenvalue weighted by Crippen LogP contribution is -2.39. The number of nitrogens with zero attached hydrogens (tertiary/aromatic N) is 2. The summed E-state index contributed by atoms with van der Waals surface area (Å²) in [5.41, 5.74) is 0. The summed E-state index contributed by atoms with van der Waals surface area (Å²) < 4.78 is 34.6. The van der Waals surface area contributed by atoms with E-state index in [2.05, 4.69) is 9.82 Å². The van der Waals surface area contributed by atoms with Crippen molar-refractivity contribution in [2.24, 2.45) is 5.92 Å². The van der Waals surface area contributed by atoms with Gasteiger partial charge in [-0.2, -0.15) is 5.10 Å². The average molecular weight is 374 g/mol. The van der Waals surface area contributed by atoms with E-state index in [-0.39, 0.29) is 10.8 Å². The van der Waals surface area contributed by atoms with E-state index in [1.165, 1.54) is 6.07 Å². The van der Waals surface area contributed by atoms with Crippen molar-refractivity contribution >= 4 is 21.6 Å². The molecular formula is C15H20ClN3O4S. The van der Waals surface area contributed by atoms with Gasteiger partial charge in [-0.05, 0) is 38.7 Å². The van der Waals surface area contributed by atoms with E-state index in [9.17, 15) is 13.5 Å². The molecule has 3 atom stereocenters. The second-order valence-corrected chi connectivity index (χ2v) is 8.41. The molecule has 0 spiro atoms. The molecule has 0 amide bonds. The Hall–Kier alpha value is -1.35.